The molecule has 0 bridgehead atoms. The van der Waals surface area contributed by atoms with Crippen molar-refractivity contribution in [3.05, 3.63) is 81.0 Å². The smallest absolute Gasteiger partial charge is 0.262 e. The van der Waals surface area contributed by atoms with Crippen molar-refractivity contribution >= 4 is 45.1 Å². The van der Waals surface area contributed by atoms with Crippen LogP contribution in [0.3, 0.4) is 0 Å². The molecule has 0 unspecified atom stereocenters. The fourth-order valence-corrected chi connectivity index (χ4v) is 3.32. The average molecular weight is 408 g/mol. The lowest BCUT2D eigenvalue weighted by molar-refractivity contribution is -0.118. The van der Waals surface area contributed by atoms with Gasteiger partial charge in [0.15, 0.2) is 6.61 Å². The highest BCUT2D eigenvalue weighted by Crippen LogP contribution is 2.26. The number of amides is 1. The second-order valence-corrected chi connectivity index (χ2v) is 7.20. The molecule has 29 heavy (non-hydrogen) atoms. The van der Waals surface area contributed by atoms with Crippen molar-refractivity contribution in [2.24, 2.45) is 0 Å². The Labute approximate surface area is 171 Å². The zero-order valence-electron chi connectivity index (χ0n) is 15.9. The SMILES string of the molecule is Cc1ccc2c(=O)c3ccc(NC(=O)COc4ccccc4Cl)cc3oc2c1C. The number of anilines is 1. The first-order valence-electron chi connectivity index (χ1n) is 9.08. The quantitative estimate of drug-likeness (QED) is 0.470. The standard InChI is InChI=1S/C23H18ClNO4/c1-13-7-9-17-22(27)16-10-8-15(11-20(16)29-23(17)14(13)2)25-21(26)12-28-19-6-4-3-5-18(19)24/h3-11H,12H2,1-2H3,(H,25,26). The monoisotopic (exact) mass is 407 g/mol. The molecule has 0 saturated heterocycles. The van der Waals surface area contributed by atoms with Gasteiger partial charge >= 0.3 is 0 Å². The van der Waals surface area contributed by atoms with Crippen LogP contribution in [-0.2, 0) is 4.79 Å². The van der Waals surface area contributed by atoms with E-state index >= 15 is 0 Å². The maximum absolute atomic E-state index is 12.8. The Morgan fingerprint density at radius 3 is 2.62 bits per heavy atom. The zero-order valence-corrected chi connectivity index (χ0v) is 16.7. The first-order chi connectivity index (χ1) is 13.9. The maximum atomic E-state index is 12.8. The van der Waals surface area contributed by atoms with Gasteiger partial charge in [0.2, 0.25) is 5.43 Å². The molecule has 1 N–H and O–H groups in total. The molecule has 5 nitrogen and oxygen atoms in total. The van der Waals surface area contributed by atoms with E-state index in [1.54, 1.807) is 48.5 Å². The molecule has 1 amide bonds. The Morgan fingerprint density at radius 1 is 1.07 bits per heavy atom. The zero-order chi connectivity index (χ0) is 20.5. The van der Waals surface area contributed by atoms with E-state index in [4.69, 9.17) is 20.8 Å². The lowest BCUT2D eigenvalue weighted by atomic mass is 10.0. The number of fused-ring (bicyclic) bond motifs is 2. The molecule has 3 aromatic carbocycles. The van der Waals surface area contributed by atoms with Gasteiger partial charge in [0.25, 0.3) is 5.91 Å². The van der Waals surface area contributed by atoms with Gasteiger partial charge in [-0.3, -0.25) is 9.59 Å². The molecule has 146 valence electrons. The molecule has 1 aromatic heterocycles. The van der Waals surface area contributed by atoms with Crippen molar-refractivity contribution in [2.75, 3.05) is 11.9 Å². The van der Waals surface area contributed by atoms with Crippen LogP contribution in [-0.4, -0.2) is 12.5 Å². The molecule has 0 fully saturated rings. The van der Waals surface area contributed by atoms with Crippen molar-refractivity contribution in [3.63, 3.8) is 0 Å². The lowest BCUT2D eigenvalue weighted by Gasteiger charge is -2.10. The molecule has 0 spiro atoms. The van der Waals surface area contributed by atoms with E-state index in [9.17, 15) is 9.59 Å². The fourth-order valence-electron chi connectivity index (χ4n) is 3.13. The summed E-state index contributed by atoms with van der Waals surface area (Å²) in [7, 11) is 0. The number of rotatable bonds is 4. The van der Waals surface area contributed by atoms with Crippen LogP contribution in [0.1, 0.15) is 11.1 Å². The summed E-state index contributed by atoms with van der Waals surface area (Å²) in [6.45, 7) is 3.69. The first kappa shape index (κ1) is 19.0. The Bertz CT molecular complexity index is 1310. The summed E-state index contributed by atoms with van der Waals surface area (Å²) < 4.78 is 11.5. The normalized spacial score (nSPS) is 11.0. The maximum Gasteiger partial charge on any atom is 0.262 e. The summed E-state index contributed by atoms with van der Waals surface area (Å²) in [6, 6.07) is 15.6. The number of carbonyl (C=O) groups is 1. The van der Waals surface area contributed by atoms with E-state index in [-0.39, 0.29) is 17.9 Å². The van der Waals surface area contributed by atoms with Crippen LogP contribution in [0.2, 0.25) is 5.02 Å². The molecule has 0 aliphatic rings. The summed E-state index contributed by atoms with van der Waals surface area (Å²) in [5.74, 6) is 0.0885. The van der Waals surface area contributed by atoms with Crippen LogP contribution in [0.4, 0.5) is 5.69 Å². The van der Waals surface area contributed by atoms with Gasteiger partial charge in [0.1, 0.15) is 16.9 Å². The molecule has 0 aliphatic heterocycles. The average Bonchev–Trinajstić information content (AvgIpc) is 2.70. The van der Waals surface area contributed by atoms with Gasteiger partial charge in [-0.25, -0.2) is 0 Å². The number of hydrogen-bond acceptors (Lipinski definition) is 4. The van der Waals surface area contributed by atoms with Crippen molar-refractivity contribution in [1.82, 2.24) is 0 Å². The Morgan fingerprint density at radius 2 is 1.83 bits per heavy atom. The van der Waals surface area contributed by atoms with Crippen molar-refractivity contribution in [2.45, 2.75) is 13.8 Å². The summed E-state index contributed by atoms with van der Waals surface area (Å²) >= 11 is 6.02. The molecule has 6 heteroatoms. The van der Waals surface area contributed by atoms with Crippen LogP contribution in [0.15, 0.2) is 63.8 Å². The number of nitrogens with one attached hydrogen (secondary N) is 1. The minimum absolute atomic E-state index is 0.0933. The third-order valence-electron chi connectivity index (χ3n) is 4.84. The van der Waals surface area contributed by atoms with E-state index in [0.29, 0.717) is 38.4 Å². The Hall–Kier alpha value is -3.31. The number of carbonyl (C=O) groups excluding carboxylic acids is 1. The summed E-state index contributed by atoms with van der Waals surface area (Å²) in [6.07, 6.45) is 0. The van der Waals surface area contributed by atoms with Gasteiger partial charge in [-0.15, -0.1) is 0 Å². The number of ether oxygens (including phenoxy) is 1. The predicted octanol–water partition coefficient (Wildman–Crippen LogP) is 5.23. The van der Waals surface area contributed by atoms with Gasteiger partial charge in [-0.1, -0.05) is 29.8 Å². The molecule has 4 aromatic rings. The molecule has 0 aliphatic carbocycles. The number of hydrogen-bond donors (Lipinski definition) is 1. The second-order valence-electron chi connectivity index (χ2n) is 6.79. The molecule has 0 atom stereocenters. The summed E-state index contributed by atoms with van der Waals surface area (Å²) in [4.78, 5) is 25.0. The number of aryl methyl sites for hydroxylation is 2. The molecular weight excluding hydrogens is 390 g/mol. The van der Waals surface area contributed by atoms with Crippen molar-refractivity contribution in [3.8, 4) is 5.75 Å². The van der Waals surface area contributed by atoms with E-state index in [2.05, 4.69) is 5.32 Å². The van der Waals surface area contributed by atoms with E-state index < -0.39 is 0 Å². The van der Waals surface area contributed by atoms with Gasteiger partial charge in [-0.2, -0.15) is 0 Å². The highest BCUT2D eigenvalue weighted by molar-refractivity contribution is 6.32. The van der Waals surface area contributed by atoms with Crippen molar-refractivity contribution < 1.29 is 13.9 Å². The predicted molar refractivity (Wildman–Crippen MR) is 115 cm³/mol. The minimum atomic E-state index is -0.348. The summed E-state index contributed by atoms with van der Waals surface area (Å²) in [5, 5.41) is 4.19. The van der Waals surface area contributed by atoms with E-state index in [0.717, 1.165) is 11.1 Å². The van der Waals surface area contributed by atoms with Crippen LogP contribution >= 0.6 is 11.6 Å². The van der Waals surface area contributed by atoms with Gasteiger partial charge in [0, 0.05) is 11.8 Å². The third kappa shape index (κ3) is 3.69. The van der Waals surface area contributed by atoms with Gasteiger partial charge in [-0.05, 0) is 55.3 Å². The number of benzene rings is 3. The van der Waals surface area contributed by atoms with Crippen LogP contribution in [0.5, 0.6) is 5.75 Å². The fraction of sp³-hybridized carbons (Fsp3) is 0.130. The Kier molecular flexibility index (Phi) is 4.99. The summed E-state index contributed by atoms with van der Waals surface area (Å²) in [5.41, 5.74) is 3.36. The molecule has 0 saturated carbocycles. The molecule has 1 heterocycles. The lowest BCUT2D eigenvalue weighted by Crippen LogP contribution is -2.20. The second kappa shape index (κ2) is 7.60. The molecular formula is C23H18ClNO4. The molecule has 4 rings (SSSR count). The molecule has 0 radical (unpaired) electrons. The largest absolute Gasteiger partial charge is 0.482 e. The van der Waals surface area contributed by atoms with Crippen molar-refractivity contribution in [1.29, 1.82) is 0 Å². The third-order valence-corrected chi connectivity index (χ3v) is 5.15. The number of halogens is 1. The first-order valence-corrected chi connectivity index (χ1v) is 9.46. The Balaban J connectivity index is 1.60. The van der Waals surface area contributed by atoms with Crippen LogP contribution < -0.4 is 15.5 Å². The van der Waals surface area contributed by atoms with Gasteiger partial charge < -0.3 is 14.5 Å². The number of para-hydroxylation sites is 1. The highest BCUT2D eigenvalue weighted by atomic mass is 35.5. The topological polar surface area (TPSA) is 68.5 Å². The van der Waals surface area contributed by atoms with Crippen LogP contribution in [0.25, 0.3) is 21.9 Å². The minimum Gasteiger partial charge on any atom is -0.482 e. The van der Waals surface area contributed by atoms with Gasteiger partial charge in [0.05, 0.1) is 15.8 Å². The highest BCUT2D eigenvalue weighted by Gasteiger charge is 2.12. The van der Waals surface area contributed by atoms with E-state index in [1.807, 2.05) is 19.9 Å². The van der Waals surface area contributed by atoms with Crippen LogP contribution in [0, 0.1) is 13.8 Å². The van der Waals surface area contributed by atoms with E-state index in [1.165, 1.54) is 0 Å².